The summed E-state index contributed by atoms with van der Waals surface area (Å²) in [6, 6.07) is 10.6. The number of rotatable bonds is 16. The molecule has 0 radical (unpaired) electrons. The number of nitrogens with zero attached hydrogens (tertiary/aromatic N) is 3. The van der Waals surface area contributed by atoms with Crippen LogP contribution < -0.4 is 74.4 Å². The standard InChI is InChI=1S/C20H26N4O11S3.2Na/c1-24(8-10-37(27,28)11-9-33-36-35-34-26)20(25)15-4-3-5-17(12-15)22-23-18-7-6-16(13-19(18)32-2)21-14-38(29,30)31;;/h3-7,12-13,21,26H,8-11,14H2,1-2H3,(H,29,30,31);;/q;2*+1/p-2. The summed E-state index contributed by atoms with van der Waals surface area (Å²) in [5.41, 5.74) is 1.21. The summed E-state index contributed by atoms with van der Waals surface area (Å²) in [6.45, 7) is -0.321. The van der Waals surface area contributed by atoms with E-state index in [0.717, 1.165) is 0 Å². The van der Waals surface area contributed by atoms with Crippen LogP contribution >= 0.6 is 12.3 Å². The Kier molecular flexibility index (Phi) is 19.0. The van der Waals surface area contributed by atoms with Gasteiger partial charge in [0.2, 0.25) is 0 Å². The van der Waals surface area contributed by atoms with Crippen molar-refractivity contribution in [1.82, 2.24) is 4.90 Å². The van der Waals surface area contributed by atoms with Crippen LogP contribution in [0.3, 0.4) is 0 Å². The fourth-order valence-electron chi connectivity index (χ4n) is 2.78. The second kappa shape index (κ2) is 19.4. The fourth-order valence-corrected chi connectivity index (χ4v) is 4.54. The van der Waals surface area contributed by atoms with Gasteiger partial charge >= 0.3 is 59.1 Å². The van der Waals surface area contributed by atoms with E-state index in [-0.39, 0.29) is 107 Å². The van der Waals surface area contributed by atoms with Crippen LogP contribution in [0.4, 0.5) is 17.1 Å². The van der Waals surface area contributed by atoms with Crippen molar-refractivity contribution >= 4 is 55.2 Å². The minimum Gasteiger partial charge on any atom is -0.747 e. The van der Waals surface area contributed by atoms with E-state index in [1.54, 1.807) is 18.2 Å². The quantitative estimate of drug-likeness (QED) is 0.0349. The number of nitrogens with one attached hydrogen (secondary N) is 1. The predicted molar refractivity (Wildman–Crippen MR) is 133 cm³/mol. The Morgan fingerprint density at radius 1 is 1.07 bits per heavy atom. The van der Waals surface area contributed by atoms with Gasteiger partial charge in [-0.15, -0.1) is 9.45 Å². The average Bonchev–Trinajstić information content (AvgIpc) is 2.88. The Hall–Kier alpha value is -0.840. The molecule has 0 saturated heterocycles. The second-order valence-corrected chi connectivity index (χ2v) is 11.6. The van der Waals surface area contributed by atoms with Crippen LogP contribution in [0.2, 0.25) is 0 Å². The van der Waals surface area contributed by atoms with E-state index < -0.39 is 31.7 Å². The van der Waals surface area contributed by atoms with Gasteiger partial charge in [0.15, 0.2) is 22.2 Å². The Bertz CT molecular complexity index is 1330. The third-order valence-corrected chi connectivity index (χ3v) is 7.13. The first-order chi connectivity index (χ1) is 17.9. The molecule has 40 heavy (non-hydrogen) atoms. The first-order valence-electron chi connectivity index (χ1n) is 10.5. The molecule has 0 bridgehead atoms. The Morgan fingerprint density at radius 3 is 2.45 bits per heavy atom. The number of hydrogen-bond donors (Lipinski definition) is 1. The zero-order valence-electron chi connectivity index (χ0n) is 22.1. The van der Waals surface area contributed by atoms with E-state index in [4.69, 9.17) is 8.92 Å². The normalized spacial score (nSPS) is 11.4. The average molecular weight is 639 g/mol. The molecule has 1 N–H and O–H groups in total. The maximum Gasteiger partial charge on any atom is 1.00 e. The summed E-state index contributed by atoms with van der Waals surface area (Å²) >= 11 is 0.209. The van der Waals surface area contributed by atoms with E-state index in [9.17, 15) is 31.4 Å². The molecule has 0 unspecified atom stereocenters. The predicted octanol–water partition coefficient (Wildman–Crippen LogP) is -4.68. The van der Waals surface area contributed by atoms with E-state index in [0.29, 0.717) is 17.1 Å². The number of carbonyl (C=O) groups is 1. The van der Waals surface area contributed by atoms with Gasteiger partial charge in [-0.25, -0.2) is 16.8 Å². The Labute approximate surface area is 280 Å². The van der Waals surface area contributed by atoms with E-state index in [1.807, 2.05) is 0 Å². The van der Waals surface area contributed by atoms with Crippen LogP contribution in [-0.4, -0.2) is 76.9 Å². The van der Waals surface area contributed by atoms with Crippen molar-refractivity contribution in [2.75, 3.05) is 50.0 Å². The van der Waals surface area contributed by atoms with Gasteiger partial charge in [-0.2, -0.15) is 5.11 Å². The molecule has 210 valence electrons. The van der Waals surface area contributed by atoms with Crippen LogP contribution in [-0.2, 0) is 33.5 Å². The van der Waals surface area contributed by atoms with Gasteiger partial charge in [0.1, 0.15) is 27.4 Å². The molecule has 0 aliphatic carbocycles. The number of anilines is 1. The van der Waals surface area contributed by atoms with Gasteiger partial charge in [0.05, 0.1) is 30.9 Å². The molecule has 0 spiro atoms. The van der Waals surface area contributed by atoms with Crippen LogP contribution in [0.15, 0.2) is 52.7 Å². The Morgan fingerprint density at radius 2 is 1.80 bits per heavy atom. The molecule has 0 fully saturated rings. The van der Waals surface area contributed by atoms with Crippen LogP contribution in [0.1, 0.15) is 10.4 Å². The molecule has 0 aliphatic rings. The van der Waals surface area contributed by atoms with Crippen molar-refractivity contribution < 1.29 is 109 Å². The maximum atomic E-state index is 12.8. The summed E-state index contributed by atoms with van der Waals surface area (Å²) < 4.78 is 70.4. The third-order valence-electron chi connectivity index (χ3n) is 4.66. The minimum atomic E-state index is -4.46. The molecular formula is C20H24N4Na2O11S3. The molecule has 15 nitrogen and oxygen atoms in total. The van der Waals surface area contributed by atoms with E-state index >= 15 is 0 Å². The van der Waals surface area contributed by atoms with Gasteiger partial charge in [-0.3, -0.25) is 14.0 Å². The maximum absolute atomic E-state index is 12.8. The van der Waals surface area contributed by atoms with Crippen LogP contribution in [0, 0.1) is 0 Å². The number of methoxy groups -OCH3 is 1. The van der Waals surface area contributed by atoms with Crippen molar-refractivity contribution in [2.24, 2.45) is 10.2 Å². The van der Waals surface area contributed by atoms with Crippen molar-refractivity contribution in [2.45, 2.75) is 0 Å². The number of hydrogen-bond acceptors (Lipinski definition) is 15. The molecule has 0 aliphatic heterocycles. The number of carbonyl (C=O) groups excluding carboxylic acids is 1. The van der Waals surface area contributed by atoms with Gasteiger partial charge in [-0.1, -0.05) is 6.07 Å². The monoisotopic (exact) mass is 638 g/mol. The van der Waals surface area contributed by atoms with Crippen molar-refractivity contribution in [3.8, 4) is 5.75 Å². The van der Waals surface area contributed by atoms with Crippen LogP contribution in [0.25, 0.3) is 0 Å². The van der Waals surface area contributed by atoms with E-state index in [1.165, 1.54) is 43.3 Å². The molecule has 20 heteroatoms. The summed E-state index contributed by atoms with van der Waals surface area (Å²) in [6.07, 6.45) is 0. The molecule has 0 saturated carbocycles. The molecule has 0 aromatic heterocycles. The minimum absolute atomic E-state index is 0. The zero-order chi connectivity index (χ0) is 28.2. The smallest absolute Gasteiger partial charge is 0.747 e. The van der Waals surface area contributed by atoms with Gasteiger partial charge in [0, 0.05) is 30.9 Å². The number of sulfone groups is 1. The molecule has 1 amide bonds. The summed E-state index contributed by atoms with van der Waals surface area (Å²) in [5, 5.41) is 23.3. The largest absolute Gasteiger partial charge is 1.00 e. The molecule has 0 heterocycles. The molecule has 2 rings (SSSR count). The molecular weight excluding hydrogens is 614 g/mol. The molecule has 2 aromatic rings. The topological polar surface area (TPSA) is 208 Å². The van der Waals surface area contributed by atoms with Crippen molar-refractivity contribution in [3.63, 3.8) is 0 Å². The Balaban J connectivity index is 0.00000760. The first-order valence-corrected chi connectivity index (χ1v) is 14.6. The fraction of sp³-hybridized carbons (Fsp3) is 0.350. The number of amides is 1. The number of ether oxygens (including phenoxy) is 1. The summed E-state index contributed by atoms with van der Waals surface area (Å²) in [4.78, 5) is 14.0. The van der Waals surface area contributed by atoms with Crippen molar-refractivity contribution in [3.05, 3.63) is 48.0 Å². The summed E-state index contributed by atoms with van der Waals surface area (Å²) in [5.74, 6) is -1.64. The first kappa shape index (κ1) is 39.2. The number of benzene rings is 2. The van der Waals surface area contributed by atoms with Gasteiger partial charge in [-0.05, 0) is 30.3 Å². The number of azo groups is 1. The van der Waals surface area contributed by atoms with E-state index in [2.05, 4.69) is 24.9 Å². The van der Waals surface area contributed by atoms with Crippen LogP contribution in [0.5, 0.6) is 5.75 Å². The third kappa shape index (κ3) is 14.9. The SMILES string of the molecule is COc1cc(NCS(=O)(=O)[O-])ccc1N=Nc1cccc(C(=O)N(C)CCS(=O)(=O)CCOSOO[O-])c1.[Na+].[Na+]. The van der Waals surface area contributed by atoms with Gasteiger partial charge < -0.3 is 24.8 Å². The molecule has 2 aromatic carbocycles. The van der Waals surface area contributed by atoms with Gasteiger partial charge in [0.25, 0.3) is 5.91 Å². The van der Waals surface area contributed by atoms with Crippen molar-refractivity contribution in [1.29, 1.82) is 0 Å². The zero-order valence-corrected chi connectivity index (χ0v) is 28.6. The summed E-state index contributed by atoms with van der Waals surface area (Å²) in [7, 11) is -5.18. The molecule has 0 atom stereocenters. The second-order valence-electron chi connectivity index (χ2n) is 7.42.